The van der Waals surface area contributed by atoms with Crippen molar-refractivity contribution in [3.63, 3.8) is 0 Å². The van der Waals surface area contributed by atoms with Crippen LogP contribution in [-0.2, 0) is 0 Å². The third-order valence-electron chi connectivity index (χ3n) is 3.25. The Morgan fingerprint density at radius 2 is 2.12 bits per heavy atom. The molecule has 16 heavy (non-hydrogen) atoms. The van der Waals surface area contributed by atoms with Gasteiger partial charge in [0.15, 0.2) is 0 Å². The molecule has 0 atom stereocenters. The Morgan fingerprint density at radius 1 is 1.44 bits per heavy atom. The molecule has 0 saturated heterocycles. The van der Waals surface area contributed by atoms with Gasteiger partial charge in [-0.2, -0.15) is 0 Å². The van der Waals surface area contributed by atoms with Crippen molar-refractivity contribution in [3.05, 3.63) is 34.9 Å². The first-order valence-corrected chi connectivity index (χ1v) is 5.66. The molecule has 86 valence electrons. The molecule has 0 aliphatic heterocycles. The zero-order valence-electron chi connectivity index (χ0n) is 9.84. The third kappa shape index (κ3) is 2.09. The number of aryl methyl sites for hydroxylation is 2. The van der Waals surface area contributed by atoms with E-state index in [1.165, 1.54) is 5.56 Å². The van der Waals surface area contributed by atoms with E-state index in [-0.39, 0.29) is 11.4 Å². The number of hydrogen-bond donors (Lipinski definition) is 2. The van der Waals surface area contributed by atoms with Crippen LogP contribution >= 0.6 is 0 Å². The molecule has 3 nitrogen and oxygen atoms in total. The van der Waals surface area contributed by atoms with Crippen molar-refractivity contribution < 1.29 is 4.79 Å². The van der Waals surface area contributed by atoms with Gasteiger partial charge in [-0.05, 0) is 38.3 Å². The molecular weight excluding hydrogens is 200 g/mol. The van der Waals surface area contributed by atoms with Crippen molar-refractivity contribution in [2.45, 2.75) is 32.2 Å². The Hall–Kier alpha value is -1.35. The highest BCUT2D eigenvalue weighted by Crippen LogP contribution is 2.34. The highest BCUT2D eigenvalue weighted by Gasteiger charge is 2.42. The molecule has 1 aromatic carbocycles. The Kier molecular flexibility index (Phi) is 2.72. The van der Waals surface area contributed by atoms with Gasteiger partial charge in [-0.1, -0.05) is 17.7 Å². The van der Waals surface area contributed by atoms with Crippen molar-refractivity contribution in [1.82, 2.24) is 5.32 Å². The molecule has 3 N–H and O–H groups in total. The molecular formula is C13H18N2O. The average Bonchev–Trinajstić information content (AvgIpc) is 2.98. The number of nitrogens with two attached hydrogens (primary N) is 1. The molecule has 1 aliphatic rings. The van der Waals surface area contributed by atoms with E-state index in [0.717, 1.165) is 24.0 Å². The topological polar surface area (TPSA) is 55.1 Å². The van der Waals surface area contributed by atoms with Gasteiger partial charge in [-0.25, -0.2) is 0 Å². The molecule has 1 aliphatic carbocycles. The molecule has 1 amide bonds. The summed E-state index contributed by atoms with van der Waals surface area (Å²) in [6.45, 7) is 4.52. The van der Waals surface area contributed by atoms with Crippen LogP contribution in [0.1, 0.15) is 34.3 Å². The van der Waals surface area contributed by atoms with Gasteiger partial charge in [-0.3, -0.25) is 4.79 Å². The smallest absolute Gasteiger partial charge is 0.252 e. The summed E-state index contributed by atoms with van der Waals surface area (Å²) < 4.78 is 0. The molecule has 1 saturated carbocycles. The van der Waals surface area contributed by atoms with Crippen molar-refractivity contribution in [2.75, 3.05) is 6.54 Å². The average molecular weight is 218 g/mol. The van der Waals surface area contributed by atoms with E-state index >= 15 is 0 Å². The first-order valence-electron chi connectivity index (χ1n) is 5.66. The summed E-state index contributed by atoms with van der Waals surface area (Å²) in [6, 6.07) is 5.87. The number of amides is 1. The van der Waals surface area contributed by atoms with Crippen LogP contribution in [0, 0.1) is 13.8 Å². The van der Waals surface area contributed by atoms with E-state index in [1.807, 2.05) is 32.0 Å². The summed E-state index contributed by atoms with van der Waals surface area (Å²) in [5, 5.41) is 3.03. The summed E-state index contributed by atoms with van der Waals surface area (Å²) in [5.41, 5.74) is 8.47. The summed E-state index contributed by atoms with van der Waals surface area (Å²) in [4.78, 5) is 12.0. The van der Waals surface area contributed by atoms with Crippen molar-refractivity contribution in [1.29, 1.82) is 0 Å². The van der Waals surface area contributed by atoms with Crippen LogP contribution in [0.2, 0.25) is 0 Å². The lowest BCUT2D eigenvalue weighted by molar-refractivity contribution is 0.0932. The van der Waals surface area contributed by atoms with Crippen LogP contribution in [0.5, 0.6) is 0 Å². The zero-order valence-corrected chi connectivity index (χ0v) is 9.84. The van der Waals surface area contributed by atoms with Gasteiger partial charge in [-0.15, -0.1) is 0 Å². The number of hydrogen-bond acceptors (Lipinski definition) is 2. The van der Waals surface area contributed by atoms with E-state index in [1.54, 1.807) is 0 Å². The van der Waals surface area contributed by atoms with E-state index in [0.29, 0.717) is 6.54 Å². The van der Waals surface area contributed by atoms with Gasteiger partial charge in [0.1, 0.15) is 0 Å². The number of rotatable bonds is 3. The SMILES string of the molecule is Cc1ccc(C(=O)NC2(CN)CC2)c(C)c1. The van der Waals surface area contributed by atoms with Gasteiger partial charge < -0.3 is 11.1 Å². The number of carbonyl (C=O) groups excluding carboxylic acids is 1. The molecule has 0 unspecified atom stereocenters. The maximum absolute atomic E-state index is 12.0. The largest absolute Gasteiger partial charge is 0.345 e. The quantitative estimate of drug-likeness (QED) is 0.808. The Balaban J connectivity index is 2.15. The van der Waals surface area contributed by atoms with Gasteiger partial charge in [0, 0.05) is 12.1 Å². The van der Waals surface area contributed by atoms with E-state index < -0.39 is 0 Å². The maximum atomic E-state index is 12.0. The van der Waals surface area contributed by atoms with Gasteiger partial charge in [0.05, 0.1) is 5.54 Å². The van der Waals surface area contributed by atoms with E-state index in [9.17, 15) is 4.79 Å². The lowest BCUT2D eigenvalue weighted by Gasteiger charge is -2.16. The van der Waals surface area contributed by atoms with Gasteiger partial charge >= 0.3 is 0 Å². The van der Waals surface area contributed by atoms with Crippen molar-refractivity contribution in [3.8, 4) is 0 Å². The van der Waals surface area contributed by atoms with Crippen LogP contribution < -0.4 is 11.1 Å². The molecule has 0 radical (unpaired) electrons. The number of benzene rings is 1. The molecule has 0 heterocycles. The fraction of sp³-hybridized carbons (Fsp3) is 0.462. The lowest BCUT2D eigenvalue weighted by Crippen LogP contribution is -2.42. The highest BCUT2D eigenvalue weighted by molar-refractivity contribution is 5.96. The second-order valence-electron chi connectivity index (χ2n) is 4.76. The first-order chi connectivity index (χ1) is 7.56. The Bertz CT molecular complexity index is 422. The number of nitrogens with one attached hydrogen (secondary N) is 1. The maximum Gasteiger partial charge on any atom is 0.252 e. The fourth-order valence-electron chi connectivity index (χ4n) is 1.91. The standard InChI is InChI=1S/C13H18N2O/c1-9-3-4-11(10(2)7-9)12(16)15-13(8-14)5-6-13/h3-4,7H,5-6,8,14H2,1-2H3,(H,15,16). The van der Waals surface area contributed by atoms with Crippen molar-refractivity contribution >= 4 is 5.91 Å². The van der Waals surface area contributed by atoms with E-state index in [4.69, 9.17) is 5.73 Å². The fourth-order valence-corrected chi connectivity index (χ4v) is 1.91. The number of carbonyl (C=O) groups is 1. The predicted octanol–water partition coefficient (Wildman–Crippen LogP) is 1.52. The summed E-state index contributed by atoms with van der Waals surface area (Å²) >= 11 is 0. The molecule has 0 aromatic heterocycles. The van der Waals surface area contributed by atoms with Gasteiger partial charge in [0.25, 0.3) is 5.91 Å². The molecule has 0 bridgehead atoms. The van der Waals surface area contributed by atoms with Crippen LogP contribution in [0.25, 0.3) is 0 Å². The summed E-state index contributed by atoms with van der Waals surface area (Å²) in [6.07, 6.45) is 2.00. The second-order valence-corrected chi connectivity index (χ2v) is 4.76. The van der Waals surface area contributed by atoms with Crippen LogP contribution in [-0.4, -0.2) is 18.0 Å². The minimum absolute atomic E-state index is 0.000417. The normalized spacial score (nSPS) is 16.9. The Morgan fingerprint density at radius 3 is 2.62 bits per heavy atom. The first kappa shape index (κ1) is 11.1. The van der Waals surface area contributed by atoms with E-state index in [2.05, 4.69) is 5.32 Å². The Labute approximate surface area is 96.0 Å². The van der Waals surface area contributed by atoms with Crippen LogP contribution in [0.4, 0.5) is 0 Å². The van der Waals surface area contributed by atoms with Gasteiger partial charge in [0.2, 0.25) is 0 Å². The van der Waals surface area contributed by atoms with Crippen LogP contribution in [0.3, 0.4) is 0 Å². The minimum Gasteiger partial charge on any atom is -0.345 e. The molecule has 3 heteroatoms. The molecule has 2 rings (SSSR count). The molecule has 0 spiro atoms. The van der Waals surface area contributed by atoms with Crippen LogP contribution in [0.15, 0.2) is 18.2 Å². The molecule has 1 aromatic rings. The zero-order chi connectivity index (χ0) is 11.8. The minimum atomic E-state index is -0.117. The monoisotopic (exact) mass is 218 g/mol. The van der Waals surface area contributed by atoms with Crippen molar-refractivity contribution in [2.24, 2.45) is 5.73 Å². The lowest BCUT2D eigenvalue weighted by atomic mass is 10.0. The summed E-state index contributed by atoms with van der Waals surface area (Å²) in [5.74, 6) is 0.000417. The second kappa shape index (κ2) is 3.91. The third-order valence-corrected chi connectivity index (χ3v) is 3.25. The summed E-state index contributed by atoms with van der Waals surface area (Å²) in [7, 11) is 0. The predicted molar refractivity (Wildman–Crippen MR) is 64.4 cm³/mol. The highest BCUT2D eigenvalue weighted by atomic mass is 16.1. The molecule has 1 fully saturated rings.